The third kappa shape index (κ3) is 6.98. The van der Waals surface area contributed by atoms with E-state index >= 15 is 0 Å². The Balaban J connectivity index is 1.54. The predicted molar refractivity (Wildman–Crippen MR) is 131 cm³/mol. The van der Waals surface area contributed by atoms with Gasteiger partial charge in [-0.15, -0.1) is 0 Å². The maximum absolute atomic E-state index is 12.0. The van der Waals surface area contributed by atoms with Crippen LogP contribution in [0.3, 0.4) is 0 Å². The molecule has 3 aromatic carbocycles. The zero-order chi connectivity index (χ0) is 24.3. The Bertz CT molecular complexity index is 1170. The van der Waals surface area contributed by atoms with Crippen LogP contribution in [0.1, 0.15) is 18.1 Å². The number of ether oxygens (including phenoxy) is 3. The number of hydrogen-bond acceptors (Lipinski definition) is 6. The molecule has 2 N–H and O–H groups in total. The van der Waals surface area contributed by atoms with E-state index in [0.29, 0.717) is 40.1 Å². The number of nitrogens with one attached hydrogen (secondary N) is 2. The Morgan fingerprint density at radius 3 is 2.44 bits per heavy atom. The smallest absolute Gasteiger partial charge is 0.329 e. The molecule has 3 rings (SSSR count). The summed E-state index contributed by atoms with van der Waals surface area (Å²) in [5.74, 6) is -0.0711. The molecule has 0 atom stereocenters. The van der Waals surface area contributed by atoms with Gasteiger partial charge < -0.3 is 19.5 Å². The van der Waals surface area contributed by atoms with E-state index < -0.39 is 11.8 Å². The molecule has 0 spiro atoms. The van der Waals surface area contributed by atoms with Crippen molar-refractivity contribution in [2.45, 2.75) is 13.5 Å². The first-order valence-electron chi connectivity index (χ1n) is 10.4. The Morgan fingerprint density at radius 2 is 1.74 bits per heavy atom. The lowest BCUT2D eigenvalue weighted by molar-refractivity contribution is -0.136. The lowest BCUT2D eigenvalue weighted by atomic mass is 10.2. The van der Waals surface area contributed by atoms with Crippen LogP contribution in [0, 0.1) is 0 Å². The minimum Gasteiger partial charge on any atom is -0.494 e. The summed E-state index contributed by atoms with van der Waals surface area (Å²) in [4.78, 5) is 24.1. The maximum atomic E-state index is 12.0. The fraction of sp³-hybridized carbons (Fsp3) is 0.160. The first-order chi connectivity index (χ1) is 16.5. The molecular formula is C25H24ClN3O5. The number of amides is 2. The molecule has 0 radical (unpaired) electrons. The van der Waals surface area contributed by atoms with Gasteiger partial charge in [-0.05, 0) is 61.0 Å². The van der Waals surface area contributed by atoms with Crippen LogP contribution in [-0.4, -0.2) is 31.7 Å². The van der Waals surface area contributed by atoms with E-state index in [0.717, 1.165) is 5.56 Å². The summed E-state index contributed by atoms with van der Waals surface area (Å²) in [5.41, 5.74) is 4.14. The highest BCUT2D eigenvalue weighted by molar-refractivity contribution is 6.39. The number of anilines is 1. The van der Waals surface area contributed by atoms with Gasteiger partial charge >= 0.3 is 11.8 Å². The molecule has 0 heterocycles. The van der Waals surface area contributed by atoms with Crippen LogP contribution in [0.2, 0.25) is 5.02 Å². The van der Waals surface area contributed by atoms with E-state index in [1.54, 1.807) is 48.5 Å². The summed E-state index contributed by atoms with van der Waals surface area (Å²) in [5, 5.41) is 6.94. The predicted octanol–water partition coefficient (Wildman–Crippen LogP) is 4.42. The van der Waals surface area contributed by atoms with Gasteiger partial charge in [-0.2, -0.15) is 5.10 Å². The molecule has 0 aliphatic rings. The molecule has 8 nitrogen and oxygen atoms in total. The fourth-order valence-corrected chi connectivity index (χ4v) is 3.05. The van der Waals surface area contributed by atoms with Gasteiger partial charge in [0.25, 0.3) is 0 Å². The molecular weight excluding hydrogens is 458 g/mol. The minimum atomic E-state index is -0.906. The number of rotatable bonds is 9. The molecule has 0 saturated carbocycles. The van der Waals surface area contributed by atoms with Gasteiger partial charge in [-0.25, -0.2) is 5.43 Å². The lowest BCUT2D eigenvalue weighted by Gasteiger charge is -2.12. The monoisotopic (exact) mass is 481 g/mol. The zero-order valence-corrected chi connectivity index (χ0v) is 19.5. The lowest BCUT2D eigenvalue weighted by Crippen LogP contribution is -2.32. The molecule has 9 heteroatoms. The van der Waals surface area contributed by atoms with Crippen LogP contribution in [0.25, 0.3) is 0 Å². The second-order valence-corrected chi connectivity index (χ2v) is 7.31. The number of benzene rings is 3. The van der Waals surface area contributed by atoms with Gasteiger partial charge in [-0.1, -0.05) is 29.8 Å². The number of halogens is 1. The van der Waals surface area contributed by atoms with E-state index in [4.69, 9.17) is 25.8 Å². The van der Waals surface area contributed by atoms with Crippen molar-refractivity contribution < 1.29 is 23.8 Å². The molecule has 0 fully saturated rings. The highest BCUT2D eigenvalue weighted by atomic mass is 35.5. The summed E-state index contributed by atoms with van der Waals surface area (Å²) in [6, 6.07) is 19.2. The quantitative estimate of drug-likeness (QED) is 0.268. The van der Waals surface area contributed by atoms with Gasteiger partial charge in [-0.3, -0.25) is 9.59 Å². The molecule has 2 amide bonds. The van der Waals surface area contributed by atoms with Crippen LogP contribution >= 0.6 is 11.6 Å². The van der Waals surface area contributed by atoms with Crippen molar-refractivity contribution in [1.29, 1.82) is 0 Å². The average Bonchev–Trinajstić information content (AvgIpc) is 2.85. The Hall–Kier alpha value is -4.04. The summed E-state index contributed by atoms with van der Waals surface area (Å²) < 4.78 is 16.5. The van der Waals surface area contributed by atoms with Gasteiger partial charge in [0.2, 0.25) is 0 Å². The van der Waals surface area contributed by atoms with E-state index in [1.165, 1.54) is 13.3 Å². The zero-order valence-electron chi connectivity index (χ0n) is 18.7. The van der Waals surface area contributed by atoms with E-state index in [2.05, 4.69) is 15.8 Å². The SMILES string of the molecule is CCOc1ccc(NC(=O)C(=O)NN=Cc2ccc(OCc3ccccc3Cl)c(OC)c2)cc1. The molecule has 0 bridgehead atoms. The molecule has 0 aromatic heterocycles. The van der Waals surface area contributed by atoms with Gasteiger partial charge in [0.1, 0.15) is 12.4 Å². The van der Waals surface area contributed by atoms with Crippen LogP contribution in [-0.2, 0) is 16.2 Å². The topological polar surface area (TPSA) is 98.2 Å². The molecule has 34 heavy (non-hydrogen) atoms. The second-order valence-electron chi connectivity index (χ2n) is 6.90. The van der Waals surface area contributed by atoms with Crippen LogP contribution in [0.5, 0.6) is 17.2 Å². The van der Waals surface area contributed by atoms with E-state index in [9.17, 15) is 9.59 Å². The first kappa shape index (κ1) is 24.6. The third-order valence-corrected chi connectivity index (χ3v) is 4.91. The van der Waals surface area contributed by atoms with Crippen molar-refractivity contribution in [2.75, 3.05) is 19.0 Å². The number of carbonyl (C=O) groups excluding carboxylic acids is 2. The second kappa shape index (κ2) is 12.3. The van der Waals surface area contributed by atoms with Crippen molar-refractivity contribution in [2.24, 2.45) is 5.10 Å². The van der Waals surface area contributed by atoms with Gasteiger partial charge in [0.15, 0.2) is 11.5 Å². The van der Waals surface area contributed by atoms with Gasteiger partial charge in [0.05, 0.1) is 19.9 Å². The van der Waals surface area contributed by atoms with Crippen LogP contribution in [0.15, 0.2) is 71.8 Å². The molecule has 176 valence electrons. The highest BCUT2D eigenvalue weighted by Gasteiger charge is 2.13. The van der Waals surface area contributed by atoms with Crippen molar-refractivity contribution in [3.63, 3.8) is 0 Å². The number of hydrogen-bond donors (Lipinski definition) is 2. The Morgan fingerprint density at radius 1 is 0.971 bits per heavy atom. The van der Waals surface area contributed by atoms with Crippen LogP contribution in [0.4, 0.5) is 5.69 Å². The first-order valence-corrected chi connectivity index (χ1v) is 10.8. The van der Waals surface area contributed by atoms with Crippen LogP contribution < -0.4 is 25.0 Å². The average molecular weight is 482 g/mol. The third-order valence-electron chi connectivity index (χ3n) is 4.54. The Labute approximate surface area is 202 Å². The van der Waals surface area contributed by atoms with E-state index in [1.807, 2.05) is 25.1 Å². The summed E-state index contributed by atoms with van der Waals surface area (Å²) in [6.45, 7) is 2.69. The number of nitrogens with zero attached hydrogens (tertiary/aromatic N) is 1. The molecule has 0 saturated heterocycles. The molecule has 0 unspecified atom stereocenters. The molecule has 0 aliphatic carbocycles. The van der Waals surface area contributed by atoms with Crippen molar-refractivity contribution in [1.82, 2.24) is 5.43 Å². The maximum Gasteiger partial charge on any atom is 0.329 e. The van der Waals surface area contributed by atoms with Crippen molar-refractivity contribution >= 4 is 35.3 Å². The number of carbonyl (C=O) groups is 2. The van der Waals surface area contributed by atoms with Crippen molar-refractivity contribution in [3.05, 3.63) is 82.9 Å². The summed E-state index contributed by atoms with van der Waals surface area (Å²) in [6.07, 6.45) is 1.39. The highest BCUT2D eigenvalue weighted by Crippen LogP contribution is 2.29. The summed E-state index contributed by atoms with van der Waals surface area (Å²) in [7, 11) is 1.52. The molecule has 3 aromatic rings. The van der Waals surface area contributed by atoms with Gasteiger partial charge in [0, 0.05) is 16.3 Å². The minimum absolute atomic E-state index is 0.281. The normalized spacial score (nSPS) is 10.6. The molecule has 0 aliphatic heterocycles. The van der Waals surface area contributed by atoms with E-state index in [-0.39, 0.29) is 6.61 Å². The van der Waals surface area contributed by atoms with Crippen molar-refractivity contribution in [3.8, 4) is 17.2 Å². The largest absolute Gasteiger partial charge is 0.494 e. The number of methoxy groups -OCH3 is 1. The standard InChI is InChI=1S/C25H24ClN3O5/c1-3-33-20-11-9-19(10-12-20)28-24(30)25(31)29-27-15-17-8-13-22(23(14-17)32-2)34-16-18-6-4-5-7-21(18)26/h4-15H,3,16H2,1-2H3,(H,28,30)(H,29,31). The fourth-order valence-electron chi connectivity index (χ4n) is 2.86. The summed E-state index contributed by atoms with van der Waals surface area (Å²) >= 11 is 6.16. The number of hydrazone groups is 1. The Kier molecular flexibility index (Phi) is 8.88.